The molecule has 0 unspecified atom stereocenters. The van der Waals surface area contributed by atoms with Crippen LogP contribution < -0.4 is 0 Å². The minimum absolute atomic E-state index is 0.0104. The zero-order valence-electron chi connectivity index (χ0n) is 16.4. The van der Waals surface area contributed by atoms with E-state index in [1.54, 1.807) is 0 Å². The highest BCUT2D eigenvalue weighted by molar-refractivity contribution is 5.86. The number of H-pyrrole nitrogens is 2. The molecule has 134 valence electrons. The van der Waals surface area contributed by atoms with Crippen LogP contribution in [0.5, 0.6) is 0 Å². The van der Waals surface area contributed by atoms with Crippen LogP contribution in [0.15, 0.2) is 36.4 Å². The van der Waals surface area contributed by atoms with Gasteiger partial charge in [0.2, 0.25) is 0 Å². The number of hydrogen-bond donors (Lipinski definition) is 2. The molecule has 4 heteroatoms. The smallest absolute Gasteiger partial charge is 0.112 e. The fourth-order valence-electron chi connectivity index (χ4n) is 3.08. The summed E-state index contributed by atoms with van der Waals surface area (Å²) in [6.45, 7) is 13.0. The third-order valence-electron chi connectivity index (χ3n) is 4.72. The summed E-state index contributed by atoms with van der Waals surface area (Å²) in [4.78, 5) is 16.5. The number of benzene rings is 2. The van der Waals surface area contributed by atoms with Crippen LogP contribution in [0.25, 0.3) is 33.2 Å². The summed E-state index contributed by atoms with van der Waals surface area (Å²) in [6, 6.07) is 12.8. The van der Waals surface area contributed by atoms with E-state index < -0.39 is 0 Å². The number of nitrogens with zero attached hydrogens (tertiary/aromatic N) is 2. The van der Waals surface area contributed by atoms with Crippen LogP contribution in [0.3, 0.4) is 0 Å². The van der Waals surface area contributed by atoms with E-state index in [1.165, 1.54) is 0 Å². The Hall–Kier alpha value is -2.62. The predicted octanol–water partition coefficient (Wildman–Crippen LogP) is 5.70. The van der Waals surface area contributed by atoms with E-state index in [2.05, 4.69) is 87.9 Å². The molecule has 0 atom stereocenters. The average molecular weight is 346 g/mol. The maximum absolute atomic E-state index is 4.79. The Bertz CT molecular complexity index is 1010. The molecule has 0 saturated carbocycles. The molecule has 0 saturated heterocycles. The first-order chi connectivity index (χ1) is 12.1. The average Bonchev–Trinajstić information content (AvgIpc) is 3.16. The molecule has 0 aliphatic heterocycles. The first-order valence-corrected chi connectivity index (χ1v) is 9.12. The van der Waals surface area contributed by atoms with Crippen LogP contribution in [0.4, 0.5) is 0 Å². The Kier molecular flexibility index (Phi) is 3.52. The molecule has 2 aromatic heterocycles. The van der Waals surface area contributed by atoms with Crippen LogP contribution in [0.1, 0.15) is 53.2 Å². The summed E-state index contributed by atoms with van der Waals surface area (Å²) in [5.41, 5.74) is 6.50. The molecule has 0 radical (unpaired) electrons. The molecule has 4 nitrogen and oxygen atoms in total. The standard InChI is InChI=1S/C22H26N4/c1-21(2,3)19-23-15-9-7-13(11-17(15)25-19)14-8-10-16-18(12-14)26-20(24-16)22(4,5)6/h7-12H,1-6H3,(H,23,25)(H,24,26). The van der Waals surface area contributed by atoms with E-state index >= 15 is 0 Å². The largest absolute Gasteiger partial charge is 0.342 e. The minimum atomic E-state index is 0.0104. The van der Waals surface area contributed by atoms with Crippen LogP contribution in [-0.4, -0.2) is 19.9 Å². The summed E-state index contributed by atoms with van der Waals surface area (Å²) in [6.07, 6.45) is 0. The van der Waals surface area contributed by atoms with Crippen LogP contribution in [0, 0.1) is 0 Å². The van der Waals surface area contributed by atoms with E-state index in [9.17, 15) is 0 Å². The number of aromatic nitrogens is 4. The molecule has 4 rings (SSSR count). The normalized spacial score (nSPS) is 13.0. The number of aromatic amines is 2. The third kappa shape index (κ3) is 2.90. The summed E-state index contributed by atoms with van der Waals surface area (Å²) < 4.78 is 0. The summed E-state index contributed by atoms with van der Waals surface area (Å²) >= 11 is 0. The van der Waals surface area contributed by atoms with Gasteiger partial charge in [-0.05, 0) is 35.4 Å². The lowest BCUT2D eigenvalue weighted by Crippen LogP contribution is -2.12. The topological polar surface area (TPSA) is 57.4 Å². The molecule has 0 aliphatic carbocycles. The Morgan fingerprint density at radius 1 is 0.615 bits per heavy atom. The zero-order chi connectivity index (χ0) is 18.7. The van der Waals surface area contributed by atoms with Crippen molar-refractivity contribution in [3.05, 3.63) is 48.0 Å². The molecule has 2 heterocycles. The molecule has 0 bridgehead atoms. The summed E-state index contributed by atoms with van der Waals surface area (Å²) in [7, 11) is 0. The van der Waals surface area contributed by atoms with Gasteiger partial charge in [-0.3, -0.25) is 0 Å². The van der Waals surface area contributed by atoms with Crippen molar-refractivity contribution in [1.29, 1.82) is 0 Å². The summed E-state index contributed by atoms with van der Waals surface area (Å²) in [5.74, 6) is 2.03. The number of fused-ring (bicyclic) bond motifs is 2. The maximum Gasteiger partial charge on any atom is 0.112 e. The number of imidazole rings is 2. The van der Waals surface area contributed by atoms with Crippen molar-refractivity contribution in [2.75, 3.05) is 0 Å². The van der Waals surface area contributed by atoms with Crippen molar-refractivity contribution in [2.24, 2.45) is 0 Å². The van der Waals surface area contributed by atoms with Crippen molar-refractivity contribution in [1.82, 2.24) is 19.9 Å². The Morgan fingerprint density at radius 3 is 1.35 bits per heavy atom. The van der Waals surface area contributed by atoms with Gasteiger partial charge in [-0.15, -0.1) is 0 Å². The number of hydrogen-bond acceptors (Lipinski definition) is 2. The second kappa shape index (κ2) is 5.44. The highest BCUT2D eigenvalue weighted by atomic mass is 14.9. The molecule has 26 heavy (non-hydrogen) atoms. The highest BCUT2D eigenvalue weighted by Gasteiger charge is 2.19. The van der Waals surface area contributed by atoms with Gasteiger partial charge in [-0.1, -0.05) is 53.7 Å². The molecule has 0 aliphatic rings. The van der Waals surface area contributed by atoms with E-state index in [4.69, 9.17) is 9.97 Å². The van der Waals surface area contributed by atoms with Crippen molar-refractivity contribution in [2.45, 2.75) is 52.4 Å². The molecule has 4 aromatic rings. The Balaban J connectivity index is 1.79. The molecular formula is C22H26N4. The molecule has 0 amide bonds. The van der Waals surface area contributed by atoms with E-state index in [1.807, 2.05) is 0 Å². The van der Waals surface area contributed by atoms with Gasteiger partial charge in [0.25, 0.3) is 0 Å². The second-order valence-electron chi connectivity index (χ2n) is 9.13. The van der Waals surface area contributed by atoms with Gasteiger partial charge in [-0.25, -0.2) is 9.97 Å². The van der Waals surface area contributed by atoms with Crippen molar-refractivity contribution >= 4 is 22.1 Å². The third-order valence-corrected chi connectivity index (χ3v) is 4.72. The van der Waals surface area contributed by atoms with Gasteiger partial charge in [0.15, 0.2) is 0 Å². The molecular weight excluding hydrogens is 320 g/mol. The van der Waals surface area contributed by atoms with Crippen molar-refractivity contribution in [3.8, 4) is 11.1 Å². The first kappa shape index (κ1) is 16.8. The quantitative estimate of drug-likeness (QED) is 0.464. The molecule has 0 spiro atoms. The Labute approximate surface area is 154 Å². The second-order valence-corrected chi connectivity index (χ2v) is 9.13. The lowest BCUT2D eigenvalue weighted by atomic mass is 9.96. The summed E-state index contributed by atoms with van der Waals surface area (Å²) in [5, 5.41) is 0. The number of nitrogens with one attached hydrogen (secondary N) is 2. The first-order valence-electron chi connectivity index (χ1n) is 9.12. The Morgan fingerprint density at radius 2 is 1.00 bits per heavy atom. The molecule has 0 fully saturated rings. The van der Waals surface area contributed by atoms with Gasteiger partial charge in [0.1, 0.15) is 11.6 Å². The highest BCUT2D eigenvalue weighted by Crippen LogP contribution is 2.29. The zero-order valence-corrected chi connectivity index (χ0v) is 16.4. The van der Waals surface area contributed by atoms with Gasteiger partial charge < -0.3 is 9.97 Å². The van der Waals surface area contributed by atoms with Crippen molar-refractivity contribution in [3.63, 3.8) is 0 Å². The van der Waals surface area contributed by atoms with Gasteiger partial charge in [0, 0.05) is 10.8 Å². The molecule has 2 aromatic carbocycles. The van der Waals surface area contributed by atoms with Crippen LogP contribution in [0.2, 0.25) is 0 Å². The van der Waals surface area contributed by atoms with Crippen molar-refractivity contribution < 1.29 is 0 Å². The SMILES string of the molecule is CC(C)(C)c1nc2cc(-c3ccc4[nH]c(C(C)(C)C)nc4c3)ccc2[nH]1. The number of rotatable bonds is 1. The van der Waals surface area contributed by atoms with Crippen LogP contribution >= 0.6 is 0 Å². The predicted molar refractivity (Wildman–Crippen MR) is 109 cm³/mol. The van der Waals surface area contributed by atoms with Crippen LogP contribution in [-0.2, 0) is 10.8 Å². The fourth-order valence-corrected chi connectivity index (χ4v) is 3.08. The lowest BCUT2D eigenvalue weighted by Gasteiger charge is -2.13. The maximum atomic E-state index is 4.79. The van der Waals surface area contributed by atoms with E-state index in [-0.39, 0.29) is 10.8 Å². The van der Waals surface area contributed by atoms with Gasteiger partial charge >= 0.3 is 0 Å². The van der Waals surface area contributed by atoms with Gasteiger partial charge in [-0.2, -0.15) is 0 Å². The van der Waals surface area contributed by atoms with E-state index in [0.717, 1.165) is 44.8 Å². The van der Waals surface area contributed by atoms with E-state index in [0.29, 0.717) is 0 Å². The van der Waals surface area contributed by atoms with Gasteiger partial charge in [0.05, 0.1) is 22.1 Å². The lowest BCUT2D eigenvalue weighted by molar-refractivity contribution is 0.554. The fraction of sp³-hybridized carbons (Fsp3) is 0.364. The monoisotopic (exact) mass is 346 g/mol. The minimum Gasteiger partial charge on any atom is -0.342 e. The molecule has 2 N–H and O–H groups in total.